The van der Waals surface area contributed by atoms with Crippen molar-refractivity contribution in [1.29, 1.82) is 0 Å². The minimum Gasteiger partial charge on any atom is -0.494 e. The van der Waals surface area contributed by atoms with E-state index < -0.39 is 0 Å². The fourth-order valence-corrected chi connectivity index (χ4v) is 1.71. The quantitative estimate of drug-likeness (QED) is 0.604. The van der Waals surface area contributed by atoms with E-state index in [1.54, 1.807) is 0 Å². The molecule has 0 aromatic heterocycles. The molecule has 2 heteroatoms. The SMILES string of the molecule is CCCC(=O)CCCCCOc1ccccc1. The van der Waals surface area contributed by atoms with Crippen LogP contribution in [0.3, 0.4) is 0 Å². The van der Waals surface area contributed by atoms with Crippen LogP contribution in [-0.4, -0.2) is 12.4 Å². The molecule has 0 heterocycles. The second kappa shape index (κ2) is 8.80. The van der Waals surface area contributed by atoms with Gasteiger partial charge in [-0.2, -0.15) is 0 Å². The molecule has 0 aliphatic heterocycles. The second-order valence-corrected chi connectivity index (χ2v) is 4.26. The highest BCUT2D eigenvalue weighted by molar-refractivity contribution is 5.78. The molecule has 0 saturated heterocycles. The molecule has 1 rings (SSSR count). The number of Topliss-reactive ketones (excluding diaryl/α,β-unsaturated/α-hetero) is 1. The molecule has 1 aromatic carbocycles. The van der Waals surface area contributed by atoms with Crippen LogP contribution in [0, 0.1) is 0 Å². The number of rotatable bonds is 9. The summed E-state index contributed by atoms with van der Waals surface area (Å²) in [7, 11) is 0. The Morgan fingerprint density at radius 1 is 1.06 bits per heavy atom. The Morgan fingerprint density at radius 3 is 2.53 bits per heavy atom. The van der Waals surface area contributed by atoms with E-state index in [1.807, 2.05) is 37.3 Å². The molecular weight excluding hydrogens is 212 g/mol. The third-order valence-corrected chi connectivity index (χ3v) is 2.64. The predicted molar refractivity (Wildman–Crippen MR) is 70.3 cm³/mol. The molecule has 0 spiro atoms. The summed E-state index contributed by atoms with van der Waals surface area (Å²) in [4.78, 5) is 11.3. The van der Waals surface area contributed by atoms with Gasteiger partial charge in [0, 0.05) is 12.8 Å². The number of ether oxygens (including phenoxy) is 1. The van der Waals surface area contributed by atoms with Crippen molar-refractivity contribution in [2.45, 2.75) is 45.4 Å². The number of benzene rings is 1. The zero-order chi connectivity index (χ0) is 12.3. The maximum absolute atomic E-state index is 11.3. The van der Waals surface area contributed by atoms with Gasteiger partial charge in [-0.15, -0.1) is 0 Å². The summed E-state index contributed by atoms with van der Waals surface area (Å²) >= 11 is 0. The Kier molecular flexibility index (Phi) is 7.12. The number of unbranched alkanes of at least 4 members (excludes halogenated alkanes) is 2. The molecule has 0 unspecified atom stereocenters. The molecule has 0 aliphatic rings. The number of carbonyl (C=O) groups excluding carboxylic acids is 1. The van der Waals surface area contributed by atoms with Crippen molar-refractivity contribution in [3.05, 3.63) is 30.3 Å². The highest BCUT2D eigenvalue weighted by Crippen LogP contribution is 2.10. The summed E-state index contributed by atoms with van der Waals surface area (Å²) in [6, 6.07) is 9.85. The van der Waals surface area contributed by atoms with E-state index in [-0.39, 0.29) is 0 Å². The van der Waals surface area contributed by atoms with E-state index in [2.05, 4.69) is 0 Å². The van der Waals surface area contributed by atoms with Crippen molar-refractivity contribution < 1.29 is 9.53 Å². The van der Waals surface area contributed by atoms with Gasteiger partial charge in [-0.25, -0.2) is 0 Å². The number of para-hydroxylation sites is 1. The first-order valence-corrected chi connectivity index (χ1v) is 6.52. The van der Waals surface area contributed by atoms with E-state index in [4.69, 9.17) is 4.74 Å². The lowest BCUT2D eigenvalue weighted by molar-refractivity contribution is -0.119. The van der Waals surface area contributed by atoms with E-state index in [0.717, 1.165) is 50.9 Å². The highest BCUT2D eigenvalue weighted by Gasteiger charge is 1.99. The van der Waals surface area contributed by atoms with Crippen molar-refractivity contribution >= 4 is 5.78 Å². The lowest BCUT2D eigenvalue weighted by atomic mass is 10.1. The van der Waals surface area contributed by atoms with Gasteiger partial charge in [0.25, 0.3) is 0 Å². The van der Waals surface area contributed by atoms with Gasteiger partial charge in [-0.05, 0) is 37.8 Å². The maximum atomic E-state index is 11.3. The zero-order valence-electron chi connectivity index (χ0n) is 10.7. The summed E-state index contributed by atoms with van der Waals surface area (Å²) in [5.41, 5.74) is 0. The third-order valence-electron chi connectivity index (χ3n) is 2.64. The molecule has 0 N–H and O–H groups in total. The third kappa shape index (κ3) is 6.77. The van der Waals surface area contributed by atoms with Crippen LogP contribution in [0.2, 0.25) is 0 Å². The molecule has 1 aromatic rings. The van der Waals surface area contributed by atoms with E-state index >= 15 is 0 Å². The Balaban J connectivity index is 1.96. The molecule has 0 atom stereocenters. The van der Waals surface area contributed by atoms with Crippen LogP contribution < -0.4 is 4.74 Å². The van der Waals surface area contributed by atoms with Gasteiger partial charge in [-0.3, -0.25) is 4.79 Å². The molecule has 94 valence electrons. The van der Waals surface area contributed by atoms with Crippen LogP contribution in [0.4, 0.5) is 0 Å². The Hall–Kier alpha value is -1.31. The van der Waals surface area contributed by atoms with Gasteiger partial charge in [0.05, 0.1) is 6.61 Å². The number of ketones is 1. The number of hydrogen-bond donors (Lipinski definition) is 0. The number of hydrogen-bond acceptors (Lipinski definition) is 2. The van der Waals surface area contributed by atoms with Crippen LogP contribution in [0.15, 0.2) is 30.3 Å². The summed E-state index contributed by atoms with van der Waals surface area (Å²) in [5.74, 6) is 1.33. The van der Waals surface area contributed by atoms with E-state index in [1.165, 1.54) is 0 Å². The summed E-state index contributed by atoms with van der Waals surface area (Å²) in [6.07, 6.45) is 5.53. The largest absolute Gasteiger partial charge is 0.494 e. The van der Waals surface area contributed by atoms with Gasteiger partial charge in [-0.1, -0.05) is 25.1 Å². The smallest absolute Gasteiger partial charge is 0.132 e. The lowest BCUT2D eigenvalue weighted by Crippen LogP contribution is -1.99. The highest BCUT2D eigenvalue weighted by atomic mass is 16.5. The minimum absolute atomic E-state index is 0.400. The average molecular weight is 234 g/mol. The Morgan fingerprint density at radius 2 is 1.82 bits per heavy atom. The van der Waals surface area contributed by atoms with Gasteiger partial charge in [0.2, 0.25) is 0 Å². The summed E-state index contributed by atoms with van der Waals surface area (Å²) in [5, 5.41) is 0. The monoisotopic (exact) mass is 234 g/mol. The lowest BCUT2D eigenvalue weighted by Gasteiger charge is -2.05. The van der Waals surface area contributed by atoms with Gasteiger partial charge >= 0.3 is 0 Å². The molecule has 0 fully saturated rings. The normalized spacial score (nSPS) is 10.2. The Bertz CT molecular complexity index is 306. The summed E-state index contributed by atoms with van der Waals surface area (Å²) in [6.45, 7) is 2.79. The summed E-state index contributed by atoms with van der Waals surface area (Å²) < 4.78 is 5.58. The molecule has 17 heavy (non-hydrogen) atoms. The van der Waals surface area contributed by atoms with Crippen LogP contribution >= 0.6 is 0 Å². The second-order valence-electron chi connectivity index (χ2n) is 4.26. The molecular formula is C15H22O2. The minimum atomic E-state index is 0.400. The Labute approximate surface area is 104 Å². The molecule has 0 radical (unpaired) electrons. The molecule has 0 saturated carbocycles. The standard InChI is InChI=1S/C15H22O2/c1-2-9-14(16)10-5-4-8-13-17-15-11-6-3-7-12-15/h3,6-7,11-12H,2,4-5,8-10,13H2,1H3. The van der Waals surface area contributed by atoms with Crippen molar-refractivity contribution in [3.63, 3.8) is 0 Å². The van der Waals surface area contributed by atoms with Crippen molar-refractivity contribution in [3.8, 4) is 5.75 Å². The molecule has 0 aliphatic carbocycles. The van der Waals surface area contributed by atoms with Crippen LogP contribution in [0.25, 0.3) is 0 Å². The topological polar surface area (TPSA) is 26.3 Å². The van der Waals surface area contributed by atoms with Crippen molar-refractivity contribution in [2.24, 2.45) is 0 Å². The molecule has 2 nitrogen and oxygen atoms in total. The van der Waals surface area contributed by atoms with Gasteiger partial charge in [0.15, 0.2) is 0 Å². The molecule has 0 amide bonds. The van der Waals surface area contributed by atoms with E-state index in [9.17, 15) is 4.79 Å². The van der Waals surface area contributed by atoms with Crippen molar-refractivity contribution in [2.75, 3.05) is 6.61 Å². The first-order valence-electron chi connectivity index (χ1n) is 6.52. The first kappa shape index (κ1) is 13.8. The van der Waals surface area contributed by atoms with Crippen molar-refractivity contribution in [1.82, 2.24) is 0 Å². The van der Waals surface area contributed by atoms with Crippen LogP contribution in [0.1, 0.15) is 45.4 Å². The average Bonchev–Trinajstić information content (AvgIpc) is 2.35. The fraction of sp³-hybridized carbons (Fsp3) is 0.533. The van der Waals surface area contributed by atoms with Gasteiger partial charge in [0.1, 0.15) is 11.5 Å². The first-order chi connectivity index (χ1) is 8.33. The predicted octanol–water partition coefficient (Wildman–Crippen LogP) is 4.00. The fourth-order valence-electron chi connectivity index (χ4n) is 1.71. The van der Waals surface area contributed by atoms with Gasteiger partial charge < -0.3 is 4.74 Å². The zero-order valence-corrected chi connectivity index (χ0v) is 10.7. The number of carbonyl (C=O) groups is 1. The van der Waals surface area contributed by atoms with E-state index in [0.29, 0.717) is 5.78 Å². The van der Waals surface area contributed by atoms with Crippen LogP contribution in [0.5, 0.6) is 5.75 Å². The molecule has 0 bridgehead atoms. The van der Waals surface area contributed by atoms with Crippen LogP contribution in [-0.2, 0) is 4.79 Å². The maximum Gasteiger partial charge on any atom is 0.132 e.